The third-order valence-electron chi connectivity index (χ3n) is 3.85. The molecular weight excluding hydrogens is 478 g/mol. The summed E-state index contributed by atoms with van der Waals surface area (Å²) < 4.78 is 2.73. The Balaban J connectivity index is 1.61. The van der Waals surface area contributed by atoms with E-state index in [-0.39, 0.29) is 17.4 Å². The van der Waals surface area contributed by atoms with Crippen LogP contribution in [0.25, 0.3) is 11.4 Å². The largest absolute Gasteiger partial charge is 0.507 e. The Morgan fingerprint density at radius 1 is 1.31 bits per heavy atom. The first-order valence-corrected chi connectivity index (χ1v) is 10.8. The van der Waals surface area contributed by atoms with E-state index in [0.717, 1.165) is 15.9 Å². The van der Waals surface area contributed by atoms with E-state index in [1.165, 1.54) is 18.0 Å². The van der Waals surface area contributed by atoms with Gasteiger partial charge in [0.2, 0.25) is 0 Å². The summed E-state index contributed by atoms with van der Waals surface area (Å²) in [5.74, 6) is 0.626. The number of phenols is 1. The van der Waals surface area contributed by atoms with Crippen LogP contribution in [0.15, 0.2) is 57.2 Å². The maximum Gasteiger partial charge on any atom is 0.250 e. The van der Waals surface area contributed by atoms with E-state index in [0.29, 0.717) is 22.3 Å². The van der Waals surface area contributed by atoms with Crippen LogP contribution in [0, 0.1) is 0 Å². The molecule has 3 aromatic rings. The number of amides is 1. The molecule has 150 valence electrons. The van der Waals surface area contributed by atoms with E-state index in [2.05, 4.69) is 36.7 Å². The first-order chi connectivity index (χ1) is 14.0. The fourth-order valence-electron chi connectivity index (χ4n) is 2.46. The van der Waals surface area contributed by atoms with Crippen LogP contribution in [-0.4, -0.2) is 37.7 Å². The molecule has 0 saturated carbocycles. The van der Waals surface area contributed by atoms with E-state index in [1.807, 2.05) is 23.6 Å². The zero-order valence-corrected chi connectivity index (χ0v) is 18.5. The number of hydrazone groups is 1. The maximum atomic E-state index is 12.1. The number of hydrogen-bond donors (Lipinski definition) is 2. The van der Waals surface area contributed by atoms with Crippen molar-refractivity contribution in [3.05, 3.63) is 57.5 Å². The zero-order chi connectivity index (χ0) is 20.8. The van der Waals surface area contributed by atoms with Gasteiger partial charge >= 0.3 is 0 Å². The topological polar surface area (TPSA) is 92.4 Å². The molecule has 7 nitrogen and oxygen atoms in total. The molecular formula is C19H17BrClN5O2S. The molecule has 0 aliphatic carbocycles. The van der Waals surface area contributed by atoms with Gasteiger partial charge in [-0.25, -0.2) is 5.43 Å². The summed E-state index contributed by atoms with van der Waals surface area (Å²) in [5.41, 5.74) is 3.83. The predicted octanol–water partition coefficient (Wildman–Crippen LogP) is 4.33. The lowest BCUT2D eigenvalue weighted by molar-refractivity contribution is -0.118. The van der Waals surface area contributed by atoms with Gasteiger partial charge < -0.3 is 9.67 Å². The molecule has 3 rings (SSSR count). The monoisotopic (exact) mass is 493 g/mol. The quantitative estimate of drug-likeness (QED) is 0.290. The molecule has 0 bridgehead atoms. The molecule has 10 heteroatoms. The lowest BCUT2D eigenvalue weighted by Gasteiger charge is -2.07. The SMILES string of the molecule is CCn1c(SCC(=O)NN=Cc2cc(Br)ccc2O)nnc1-c1ccc(Cl)cc1. The number of aromatic hydroxyl groups is 1. The van der Waals surface area contributed by atoms with E-state index < -0.39 is 0 Å². The van der Waals surface area contributed by atoms with E-state index in [9.17, 15) is 9.90 Å². The van der Waals surface area contributed by atoms with Gasteiger partial charge in [0, 0.05) is 27.2 Å². The summed E-state index contributed by atoms with van der Waals surface area (Å²) >= 11 is 10.5. The Morgan fingerprint density at radius 3 is 2.79 bits per heavy atom. The fraction of sp³-hybridized carbons (Fsp3) is 0.158. The average molecular weight is 495 g/mol. The van der Waals surface area contributed by atoms with E-state index >= 15 is 0 Å². The molecule has 1 amide bonds. The highest BCUT2D eigenvalue weighted by molar-refractivity contribution is 9.10. The van der Waals surface area contributed by atoms with Gasteiger partial charge in [-0.1, -0.05) is 39.3 Å². The summed E-state index contributed by atoms with van der Waals surface area (Å²) in [6.07, 6.45) is 1.38. The van der Waals surface area contributed by atoms with Crippen LogP contribution in [0.4, 0.5) is 0 Å². The molecule has 0 aliphatic rings. The van der Waals surface area contributed by atoms with Crippen LogP contribution in [0.2, 0.25) is 5.02 Å². The Morgan fingerprint density at radius 2 is 2.07 bits per heavy atom. The molecule has 29 heavy (non-hydrogen) atoms. The number of carbonyl (C=O) groups excluding carboxylic acids is 1. The molecule has 1 heterocycles. The molecule has 0 spiro atoms. The Labute approximate surface area is 185 Å². The first-order valence-electron chi connectivity index (χ1n) is 8.60. The lowest BCUT2D eigenvalue weighted by atomic mass is 10.2. The number of nitrogens with one attached hydrogen (secondary N) is 1. The van der Waals surface area contributed by atoms with Gasteiger partial charge in [0.1, 0.15) is 5.75 Å². The standard InChI is InChI=1S/C19H17BrClN5O2S/c1-2-26-18(12-3-6-15(21)7-4-12)24-25-19(26)29-11-17(28)23-22-10-13-9-14(20)5-8-16(13)27/h3-10,27H,2,11H2,1H3,(H,23,28). The molecule has 0 radical (unpaired) electrons. The van der Waals surface area contributed by atoms with Crippen LogP contribution in [0.5, 0.6) is 5.75 Å². The number of carbonyl (C=O) groups is 1. The van der Waals surface area contributed by atoms with Crippen molar-refractivity contribution in [2.24, 2.45) is 5.10 Å². The minimum atomic E-state index is -0.292. The third kappa shape index (κ3) is 5.59. The highest BCUT2D eigenvalue weighted by atomic mass is 79.9. The van der Waals surface area contributed by atoms with Gasteiger partial charge in [-0.05, 0) is 49.4 Å². The number of thioether (sulfide) groups is 1. The second-order valence-corrected chi connectivity index (χ2v) is 8.14. The molecule has 2 N–H and O–H groups in total. The van der Waals surface area contributed by atoms with Gasteiger partial charge in [0.05, 0.1) is 12.0 Å². The molecule has 1 aromatic heterocycles. The van der Waals surface area contributed by atoms with Gasteiger partial charge in [-0.15, -0.1) is 10.2 Å². The van der Waals surface area contributed by atoms with Crippen molar-refractivity contribution in [3.8, 4) is 17.1 Å². The first kappa shape index (κ1) is 21.4. The highest BCUT2D eigenvalue weighted by Crippen LogP contribution is 2.25. The van der Waals surface area contributed by atoms with Crippen molar-refractivity contribution in [3.63, 3.8) is 0 Å². The highest BCUT2D eigenvalue weighted by Gasteiger charge is 2.14. The van der Waals surface area contributed by atoms with Crippen LogP contribution in [0.1, 0.15) is 12.5 Å². The molecule has 0 saturated heterocycles. The normalized spacial score (nSPS) is 11.1. The Kier molecular flexibility index (Phi) is 7.29. The van der Waals surface area contributed by atoms with Crippen molar-refractivity contribution in [2.45, 2.75) is 18.6 Å². The number of hydrogen-bond acceptors (Lipinski definition) is 6. The van der Waals surface area contributed by atoms with Gasteiger partial charge in [0.25, 0.3) is 5.91 Å². The Hall–Kier alpha value is -2.36. The van der Waals surface area contributed by atoms with Crippen LogP contribution in [-0.2, 0) is 11.3 Å². The van der Waals surface area contributed by atoms with E-state index in [4.69, 9.17) is 11.6 Å². The summed E-state index contributed by atoms with van der Waals surface area (Å²) in [6, 6.07) is 12.3. The van der Waals surface area contributed by atoms with Gasteiger partial charge in [0.15, 0.2) is 11.0 Å². The minimum Gasteiger partial charge on any atom is -0.507 e. The fourth-order valence-corrected chi connectivity index (χ4v) is 3.76. The van der Waals surface area contributed by atoms with Gasteiger partial charge in [-0.3, -0.25) is 4.79 Å². The summed E-state index contributed by atoms with van der Waals surface area (Å²) in [6.45, 7) is 2.65. The number of phenolic OH excluding ortho intramolecular Hbond substituents is 1. The predicted molar refractivity (Wildman–Crippen MR) is 118 cm³/mol. The second-order valence-electron chi connectivity index (χ2n) is 5.84. The molecule has 2 aromatic carbocycles. The zero-order valence-electron chi connectivity index (χ0n) is 15.3. The second kappa shape index (κ2) is 9.91. The third-order valence-corrected chi connectivity index (χ3v) is 5.56. The van der Waals surface area contributed by atoms with Crippen LogP contribution < -0.4 is 5.43 Å². The van der Waals surface area contributed by atoms with Crippen molar-refractivity contribution in [1.29, 1.82) is 0 Å². The van der Waals surface area contributed by atoms with Crippen molar-refractivity contribution >= 4 is 51.4 Å². The summed E-state index contributed by atoms with van der Waals surface area (Å²) in [7, 11) is 0. The maximum absolute atomic E-state index is 12.1. The Bertz CT molecular complexity index is 1040. The smallest absolute Gasteiger partial charge is 0.250 e. The average Bonchev–Trinajstić information content (AvgIpc) is 3.12. The van der Waals surface area contributed by atoms with Crippen LogP contribution >= 0.6 is 39.3 Å². The number of rotatable bonds is 7. The number of halogens is 2. The number of nitrogens with zero attached hydrogens (tertiary/aromatic N) is 4. The van der Waals surface area contributed by atoms with Crippen LogP contribution in [0.3, 0.4) is 0 Å². The van der Waals surface area contributed by atoms with Crippen molar-refractivity contribution in [1.82, 2.24) is 20.2 Å². The summed E-state index contributed by atoms with van der Waals surface area (Å²) in [4.78, 5) is 12.1. The molecule has 0 atom stereocenters. The molecule has 0 unspecified atom stereocenters. The van der Waals surface area contributed by atoms with Crippen molar-refractivity contribution < 1.29 is 9.90 Å². The number of benzene rings is 2. The number of aromatic nitrogens is 3. The van der Waals surface area contributed by atoms with E-state index in [1.54, 1.807) is 30.3 Å². The lowest BCUT2D eigenvalue weighted by Crippen LogP contribution is -2.20. The van der Waals surface area contributed by atoms with Gasteiger partial charge in [-0.2, -0.15) is 5.10 Å². The summed E-state index contributed by atoms with van der Waals surface area (Å²) in [5, 5.41) is 23.4. The minimum absolute atomic E-state index is 0.0753. The molecule has 0 aliphatic heterocycles. The van der Waals surface area contributed by atoms with Crippen molar-refractivity contribution in [2.75, 3.05) is 5.75 Å². The molecule has 0 fully saturated rings.